The second kappa shape index (κ2) is 29.8. The van der Waals surface area contributed by atoms with E-state index in [1.807, 2.05) is 6.26 Å². The number of methoxy groups -OCH3 is 1. The molecule has 28 unspecified atom stereocenters. The molecule has 0 bridgehead atoms. The fraction of sp³-hybridized carbons (Fsp3) is 0.938. The SMILES string of the molecule is COC(=O)CC[C@@H](C)C1CCC2C3C(O)CC4CC(NC(=O)CC[C@@H](C)C5CCCC5(C)C(C)(O)CC5CC(O)CC6CC(NC(=O)[C@H](CCSC)NC(=O)CC[C@@H](C)C7CCC8C9C(O)CC%10CC(NC(C)=O)CCC%10(C)C9CC(O)C87C)CCC65C)CCC4(C)C3CC(O)C21C. The topological polar surface area (TPSA) is 264 Å². The first-order valence-electron chi connectivity index (χ1n) is 40.0. The first-order valence-corrected chi connectivity index (χ1v) is 41.4. The molecule has 0 spiro atoms. The average molecular weight is 1390 g/mol. The van der Waals surface area contributed by atoms with E-state index >= 15 is 0 Å². The van der Waals surface area contributed by atoms with Crippen molar-refractivity contribution in [2.45, 2.75) is 329 Å². The van der Waals surface area contributed by atoms with E-state index in [2.05, 4.69) is 90.5 Å². The second-order valence-corrected chi connectivity index (χ2v) is 38.8. The minimum atomic E-state index is -1.02. The lowest BCUT2D eigenvalue weighted by Crippen LogP contribution is -2.63. The number of aliphatic hydroxyl groups is 6. The van der Waals surface area contributed by atoms with Crippen LogP contribution in [0.15, 0.2) is 0 Å². The fourth-order valence-corrected chi connectivity index (χ4v) is 27.8. The number of esters is 1. The molecule has 16 nitrogen and oxygen atoms in total. The van der Waals surface area contributed by atoms with E-state index in [0.717, 1.165) is 134 Å². The lowest BCUT2D eigenvalue weighted by atomic mass is 9.43. The third-order valence-corrected chi connectivity index (χ3v) is 34.0. The molecule has 98 heavy (non-hydrogen) atoms. The summed E-state index contributed by atoms with van der Waals surface area (Å²) < 4.78 is 4.96. The number of thioether (sulfide) groups is 1. The Hall–Kier alpha value is -2.54. The standard InChI is InChI=1S/C81H136N4O12S/c1-45(16-23-69(92)83-54-28-33-77(7)51(37-54)41-66(89)73-61-22-20-59(47(3)18-25-71(94)97-12)81(61,11)68(91)43-63(73)77)57-15-14-30-78(57,8)79(9,96)44-52-39-56(87)38-49-35-55(26-31-75(49,52)5)84-74(95)64(29-34-98-13)85-70(93)24-17-46(2)58-19-21-60-72-62(42-67(90)80(58,60)10)76(6)32-27-53(82-48(4)86)36-50(76)40-65(72)88/h45-47,49-68,72-73,87-91,96H,14-44H2,1-13H3,(H,82,86)(H,83,92)(H,84,95)(H,85,93)/t45-,46-,47-,49?,50?,51?,52?,53?,54?,55?,56?,57?,58?,59?,60?,61?,62?,63?,64+,65?,66?,67?,68?,72?,73?,75?,76?,77?,78?,79?,80?,81?/m1/s1. The van der Waals surface area contributed by atoms with Crippen LogP contribution in [0.25, 0.3) is 0 Å². The maximum atomic E-state index is 14.4. The van der Waals surface area contributed by atoms with E-state index in [1.54, 1.807) is 18.7 Å². The Labute approximate surface area is 594 Å². The largest absolute Gasteiger partial charge is 0.469 e. The van der Waals surface area contributed by atoms with Crippen molar-refractivity contribution in [1.82, 2.24) is 21.3 Å². The number of ether oxygens (including phenoxy) is 1. The number of carbonyl (C=O) groups is 5. The molecule has 11 rings (SSSR count). The van der Waals surface area contributed by atoms with Crippen LogP contribution in [0.1, 0.15) is 269 Å². The lowest BCUT2D eigenvalue weighted by Gasteiger charge is -2.63. The molecule has 0 radical (unpaired) electrons. The summed E-state index contributed by atoms with van der Waals surface area (Å²) in [6.45, 7) is 24.4. The zero-order valence-electron chi connectivity index (χ0n) is 62.9. The van der Waals surface area contributed by atoms with Gasteiger partial charge in [-0.2, -0.15) is 11.8 Å². The first kappa shape index (κ1) is 76.6. The number of hydrogen-bond acceptors (Lipinski definition) is 13. The quantitative estimate of drug-likeness (QED) is 0.0427. The van der Waals surface area contributed by atoms with Gasteiger partial charge in [0.15, 0.2) is 0 Å². The highest BCUT2D eigenvalue weighted by Crippen LogP contribution is 2.71. The maximum Gasteiger partial charge on any atom is 0.305 e. The van der Waals surface area contributed by atoms with E-state index in [0.29, 0.717) is 70.1 Å². The van der Waals surface area contributed by atoms with Gasteiger partial charge in [0.25, 0.3) is 0 Å². The van der Waals surface area contributed by atoms with Crippen LogP contribution in [0, 0.1) is 127 Å². The van der Waals surface area contributed by atoms with Gasteiger partial charge in [0.05, 0.1) is 43.2 Å². The van der Waals surface area contributed by atoms with Crippen LogP contribution in [0.4, 0.5) is 0 Å². The summed E-state index contributed by atoms with van der Waals surface area (Å²) in [4.78, 5) is 66.6. The number of aliphatic hydroxyl groups excluding tert-OH is 5. The molecule has 0 heterocycles. The zero-order valence-corrected chi connectivity index (χ0v) is 63.7. The van der Waals surface area contributed by atoms with Gasteiger partial charge in [-0.25, -0.2) is 0 Å². The van der Waals surface area contributed by atoms with Gasteiger partial charge in [-0.3, -0.25) is 24.0 Å². The van der Waals surface area contributed by atoms with Gasteiger partial charge in [0.2, 0.25) is 23.6 Å². The molecular formula is C81H136N4O12S. The Morgan fingerprint density at radius 2 is 1.02 bits per heavy atom. The van der Waals surface area contributed by atoms with Crippen molar-refractivity contribution < 1.29 is 59.3 Å². The van der Waals surface area contributed by atoms with E-state index in [9.17, 15) is 54.6 Å². The summed E-state index contributed by atoms with van der Waals surface area (Å²) in [5.74, 6) is 3.64. The molecule has 0 aromatic carbocycles. The van der Waals surface area contributed by atoms with Gasteiger partial charge >= 0.3 is 5.97 Å². The Kier molecular flexibility index (Phi) is 23.3. The summed E-state index contributed by atoms with van der Waals surface area (Å²) in [7, 11) is 1.44. The van der Waals surface area contributed by atoms with E-state index in [4.69, 9.17) is 4.74 Å². The normalized spacial score (nSPS) is 46.7. The van der Waals surface area contributed by atoms with Crippen LogP contribution in [0.3, 0.4) is 0 Å². The highest BCUT2D eigenvalue weighted by molar-refractivity contribution is 7.98. The van der Waals surface area contributed by atoms with Crippen LogP contribution < -0.4 is 21.3 Å². The number of fused-ring (bicyclic) bond motifs is 11. The molecule has 11 saturated carbocycles. The molecule has 0 aromatic heterocycles. The van der Waals surface area contributed by atoms with Gasteiger partial charge in [0.1, 0.15) is 6.04 Å². The van der Waals surface area contributed by atoms with Gasteiger partial charge in [-0.1, -0.05) is 68.7 Å². The number of carbonyl (C=O) groups excluding carboxylic acids is 5. The summed E-state index contributed by atoms with van der Waals surface area (Å²) in [5, 5.41) is 86.5. The van der Waals surface area contributed by atoms with Crippen molar-refractivity contribution in [3.63, 3.8) is 0 Å². The molecule has 11 fully saturated rings. The Morgan fingerprint density at radius 3 is 1.54 bits per heavy atom. The average Bonchev–Trinajstić information content (AvgIpc) is 1.37. The Bertz CT molecular complexity index is 2830. The van der Waals surface area contributed by atoms with Gasteiger partial charge < -0.3 is 56.6 Å². The monoisotopic (exact) mass is 1390 g/mol. The molecular weight excluding hydrogens is 1250 g/mol. The van der Waals surface area contributed by atoms with Crippen LogP contribution in [0.5, 0.6) is 0 Å². The van der Waals surface area contributed by atoms with Crippen molar-refractivity contribution in [2.24, 2.45) is 127 Å². The number of amides is 4. The van der Waals surface area contributed by atoms with Gasteiger partial charge in [0, 0.05) is 44.3 Å². The first-order chi connectivity index (χ1) is 46.2. The van der Waals surface area contributed by atoms with Crippen molar-refractivity contribution in [1.29, 1.82) is 0 Å². The highest BCUT2D eigenvalue weighted by Gasteiger charge is 2.68. The smallest absolute Gasteiger partial charge is 0.305 e. The van der Waals surface area contributed by atoms with Crippen molar-refractivity contribution >= 4 is 41.4 Å². The van der Waals surface area contributed by atoms with Gasteiger partial charge in [-0.05, 0) is 313 Å². The van der Waals surface area contributed by atoms with Crippen LogP contribution in [-0.2, 0) is 28.7 Å². The highest BCUT2D eigenvalue weighted by atomic mass is 32.2. The predicted octanol–water partition coefficient (Wildman–Crippen LogP) is 11.8. The van der Waals surface area contributed by atoms with Gasteiger partial charge in [-0.15, -0.1) is 0 Å². The lowest BCUT2D eigenvalue weighted by molar-refractivity contribution is -0.202. The maximum absolute atomic E-state index is 14.4. The van der Waals surface area contributed by atoms with Crippen molar-refractivity contribution in [3.05, 3.63) is 0 Å². The third-order valence-electron chi connectivity index (χ3n) is 33.3. The Balaban J connectivity index is 0.642. The minimum Gasteiger partial charge on any atom is -0.469 e. The minimum absolute atomic E-state index is 0.00111. The molecule has 10 N–H and O–H groups in total. The van der Waals surface area contributed by atoms with E-state index in [1.165, 1.54) is 7.11 Å². The number of rotatable bonds is 23. The summed E-state index contributed by atoms with van der Waals surface area (Å²) >= 11 is 1.66. The molecule has 11 aliphatic carbocycles. The second-order valence-electron chi connectivity index (χ2n) is 37.8. The predicted molar refractivity (Wildman–Crippen MR) is 384 cm³/mol. The molecule has 32 atom stereocenters. The van der Waals surface area contributed by atoms with E-state index < -0.39 is 42.2 Å². The summed E-state index contributed by atoms with van der Waals surface area (Å²) in [6.07, 6.45) is 22.9. The Morgan fingerprint density at radius 1 is 0.541 bits per heavy atom. The number of hydrogen-bond donors (Lipinski definition) is 10. The van der Waals surface area contributed by atoms with Crippen LogP contribution >= 0.6 is 11.8 Å². The fourth-order valence-electron chi connectivity index (χ4n) is 27.3. The van der Waals surface area contributed by atoms with Crippen LogP contribution in [0.2, 0.25) is 0 Å². The molecule has 11 aliphatic rings. The summed E-state index contributed by atoms with van der Waals surface area (Å²) in [5.41, 5.74) is -2.21. The van der Waals surface area contributed by atoms with E-state index in [-0.39, 0.29) is 169 Å². The number of nitrogens with one attached hydrogen (secondary N) is 4. The molecule has 17 heteroatoms. The zero-order chi connectivity index (χ0) is 71.0. The van der Waals surface area contributed by atoms with Crippen LogP contribution in [-0.4, -0.2) is 140 Å². The molecule has 0 saturated heterocycles. The molecule has 558 valence electrons. The van der Waals surface area contributed by atoms with Crippen molar-refractivity contribution in [2.75, 3.05) is 19.1 Å². The molecule has 4 amide bonds. The molecule has 0 aromatic rings. The third kappa shape index (κ3) is 14.2. The van der Waals surface area contributed by atoms with Crippen molar-refractivity contribution in [3.8, 4) is 0 Å². The summed E-state index contributed by atoms with van der Waals surface area (Å²) in [6, 6.07) is -0.580. The molecule has 0 aliphatic heterocycles.